The van der Waals surface area contributed by atoms with Crippen LogP contribution in [0.15, 0.2) is 24.3 Å². The molecule has 1 aliphatic rings. The first kappa shape index (κ1) is 43.0. The summed E-state index contributed by atoms with van der Waals surface area (Å²) < 4.78 is 10.3. The highest BCUT2D eigenvalue weighted by atomic mass is 16.6. The molecule has 1 saturated carbocycles. The van der Waals surface area contributed by atoms with Gasteiger partial charge in [-0.1, -0.05) is 129 Å². The van der Waals surface area contributed by atoms with Crippen molar-refractivity contribution < 1.29 is 39.2 Å². The molecule has 0 aromatic carbocycles. The molecule has 47 heavy (non-hydrogen) atoms. The standard InChI is InChI=1S/C39H68O8/c1-4-5-16-22-32(40)26-27-35-34(36(42)28-37(35)43)23-18-14-15-20-25-39(45)47-30-33(41)29-46-38(44)24-19-13-11-9-7-6-8-10-12-17-21-31(2)3/h14,18,26-27,31-35,37,40-41,43H,4-13,15-17,19-25,28-30H2,1-3H3/b18-14-,27-26+/t32-,33+,34+,35+,37+/m0/s1. The van der Waals surface area contributed by atoms with Crippen LogP contribution in [0.2, 0.25) is 0 Å². The Kier molecular flexibility index (Phi) is 25.5. The smallest absolute Gasteiger partial charge is 0.305 e. The Balaban J connectivity index is 2.07. The highest BCUT2D eigenvalue weighted by Crippen LogP contribution is 2.33. The number of unbranched alkanes of at least 4 members (excludes halogenated alkanes) is 12. The summed E-state index contributed by atoms with van der Waals surface area (Å²) >= 11 is 0. The van der Waals surface area contributed by atoms with Crippen molar-refractivity contribution in [3.8, 4) is 0 Å². The minimum atomic E-state index is -1.05. The molecule has 8 heteroatoms. The summed E-state index contributed by atoms with van der Waals surface area (Å²) in [6.45, 7) is 6.28. The molecule has 0 unspecified atom stereocenters. The summed E-state index contributed by atoms with van der Waals surface area (Å²) in [4.78, 5) is 36.4. The number of rotatable bonds is 29. The van der Waals surface area contributed by atoms with Crippen LogP contribution in [-0.2, 0) is 23.9 Å². The number of hydrogen-bond donors (Lipinski definition) is 3. The average molecular weight is 665 g/mol. The second-order valence-corrected chi connectivity index (χ2v) is 14.0. The molecule has 0 spiro atoms. The zero-order valence-corrected chi connectivity index (χ0v) is 29.9. The van der Waals surface area contributed by atoms with Gasteiger partial charge in [0.1, 0.15) is 25.1 Å². The molecule has 8 nitrogen and oxygen atoms in total. The van der Waals surface area contributed by atoms with Gasteiger partial charge in [-0.15, -0.1) is 0 Å². The van der Waals surface area contributed by atoms with Crippen molar-refractivity contribution in [2.75, 3.05) is 13.2 Å². The molecule has 0 aromatic heterocycles. The van der Waals surface area contributed by atoms with Gasteiger partial charge in [0.25, 0.3) is 0 Å². The van der Waals surface area contributed by atoms with Gasteiger partial charge in [-0.2, -0.15) is 0 Å². The Hall–Kier alpha value is -2.03. The summed E-state index contributed by atoms with van der Waals surface area (Å²) in [5.41, 5.74) is 0. The van der Waals surface area contributed by atoms with E-state index in [1.165, 1.54) is 51.4 Å². The Morgan fingerprint density at radius 1 is 0.787 bits per heavy atom. The summed E-state index contributed by atoms with van der Waals surface area (Å²) in [7, 11) is 0. The van der Waals surface area contributed by atoms with Crippen LogP contribution in [0.25, 0.3) is 0 Å². The maximum atomic E-state index is 12.4. The van der Waals surface area contributed by atoms with Crippen molar-refractivity contribution in [1.82, 2.24) is 0 Å². The SMILES string of the molecule is CCCCC[C@H](O)/C=C/[C@H]1[C@H](O)CC(=O)[C@@H]1C/C=C\CCCC(=O)OC[C@H](O)COC(=O)CCCCCCCCCCCCC(C)C. The maximum Gasteiger partial charge on any atom is 0.305 e. The number of esters is 2. The molecule has 0 heterocycles. The van der Waals surface area contributed by atoms with Crippen LogP contribution >= 0.6 is 0 Å². The Morgan fingerprint density at radius 2 is 1.34 bits per heavy atom. The van der Waals surface area contributed by atoms with Crippen LogP contribution in [-0.4, -0.2) is 64.6 Å². The lowest BCUT2D eigenvalue weighted by Crippen LogP contribution is -2.25. The van der Waals surface area contributed by atoms with Crippen LogP contribution < -0.4 is 0 Å². The minimum absolute atomic E-state index is 0.0317. The fourth-order valence-corrected chi connectivity index (χ4v) is 6.02. The van der Waals surface area contributed by atoms with Gasteiger partial charge in [-0.05, 0) is 38.0 Å². The van der Waals surface area contributed by atoms with Gasteiger partial charge in [0.05, 0.1) is 12.2 Å². The van der Waals surface area contributed by atoms with Gasteiger partial charge in [0.15, 0.2) is 0 Å². The van der Waals surface area contributed by atoms with E-state index in [0.717, 1.165) is 44.4 Å². The fraction of sp³-hybridized carbons (Fsp3) is 0.821. The van der Waals surface area contributed by atoms with E-state index in [4.69, 9.17) is 9.47 Å². The summed E-state index contributed by atoms with van der Waals surface area (Å²) in [6, 6.07) is 0. The van der Waals surface area contributed by atoms with E-state index in [2.05, 4.69) is 20.8 Å². The molecular weight excluding hydrogens is 596 g/mol. The number of Topliss-reactive ketones (excluding diaryl/α,β-unsaturated/α-hetero) is 1. The first-order valence-electron chi connectivity index (χ1n) is 18.8. The Labute approximate surface area is 285 Å². The molecule has 0 saturated heterocycles. The summed E-state index contributed by atoms with van der Waals surface area (Å²) in [5.74, 6) is -0.526. The van der Waals surface area contributed by atoms with Gasteiger partial charge in [0.2, 0.25) is 0 Å². The molecule has 1 aliphatic carbocycles. The van der Waals surface area contributed by atoms with E-state index in [0.29, 0.717) is 32.1 Å². The molecule has 0 amide bonds. The van der Waals surface area contributed by atoms with Crippen molar-refractivity contribution in [1.29, 1.82) is 0 Å². The van der Waals surface area contributed by atoms with Crippen LogP contribution in [0.1, 0.15) is 156 Å². The van der Waals surface area contributed by atoms with Gasteiger partial charge >= 0.3 is 11.9 Å². The lowest BCUT2D eigenvalue weighted by molar-refractivity contribution is -0.152. The number of aliphatic hydroxyl groups excluding tert-OH is 3. The lowest BCUT2D eigenvalue weighted by Gasteiger charge is -2.16. The first-order chi connectivity index (χ1) is 22.6. The van der Waals surface area contributed by atoms with Gasteiger partial charge in [-0.3, -0.25) is 14.4 Å². The van der Waals surface area contributed by atoms with Crippen LogP contribution in [0.4, 0.5) is 0 Å². The zero-order valence-electron chi connectivity index (χ0n) is 29.9. The molecule has 272 valence electrons. The van der Waals surface area contributed by atoms with Gasteiger partial charge in [-0.25, -0.2) is 0 Å². The minimum Gasteiger partial charge on any atom is -0.463 e. The van der Waals surface area contributed by atoms with Gasteiger partial charge in [0, 0.05) is 31.1 Å². The summed E-state index contributed by atoms with van der Waals surface area (Å²) in [6.07, 6.45) is 24.5. The number of ketones is 1. The number of hydrogen-bond acceptors (Lipinski definition) is 8. The van der Waals surface area contributed by atoms with E-state index in [1.807, 2.05) is 12.2 Å². The Bertz CT molecular complexity index is 882. The molecule has 0 bridgehead atoms. The largest absolute Gasteiger partial charge is 0.463 e. The van der Waals surface area contributed by atoms with E-state index >= 15 is 0 Å². The lowest BCUT2D eigenvalue weighted by atomic mass is 9.90. The van der Waals surface area contributed by atoms with E-state index in [-0.39, 0.29) is 49.6 Å². The van der Waals surface area contributed by atoms with Crippen molar-refractivity contribution in [3.05, 3.63) is 24.3 Å². The van der Waals surface area contributed by atoms with Crippen molar-refractivity contribution in [2.24, 2.45) is 17.8 Å². The number of aliphatic hydroxyl groups is 3. The topological polar surface area (TPSA) is 130 Å². The number of carbonyl (C=O) groups excluding carboxylic acids is 3. The third-order valence-corrected chi connectivity index (χ3v) is 8.99. The van der Waals surface area contributed by atoms with Crippen LogP contribution in [0.3, 0.4) is 0 Å². The molecule has 0 aliphatic heterocycles. The van der Waals surface area contributed by atoms with E-state index in [1.54, 1.807) is 12.2 Å². The highest BCUT2D eigenvalue weighted by molar-refractivity contribution is 5.84. The molecule has 5 atom stereocenters. The number of carbonyl (C=O) groups is 3. The van der Waals surface area contributed by atoms with Crippen LogP contribution in [0, 0.1) is 17.8 Å². The van der Waals surface area contributed by atoms with Crippen molar-refractivity contribution >= 4 is 17.7 Å². The number of ether oxygens (including phenoxy) is 2. The zero-order chi connectivity index (χ0) is 34.7. The quantitative estimate of drug-likeness (QED) is 0.0417. The van der Waals surface area contributed by atoms with E-state index < -0.39 is 24.3 Å². The predicted octanol–water partition coefficient (Wildman–Crippen LogP) is 7.95. The first-order valence-corrected chi connectivity index (χ1v) is 18.8. The second-order valence-electron chi connectivity index (χ2n) is 14.0. The Morgan fingerprint density at radius 3 is 1.94 bits per heavy atom. The monoisotopic (exact) mass is 664 g/mol. The fourth-order valence-electron chi connectivity index (χ4n) is 6.02. The molecule has 0 radical (unpaired) electrons. The van der Waals surface area contributed by atoms with Gasteiger partial charge < -0.3 is 24.8 Å². The van der Waals surface area contributed by atoms with Crippen LogP contribution in [0.5, 0.6) is 0 Å². The summed E-state index contributed by atoms with van der Waals surface area (Å²) in [5, 5.41) is 30.5. The normalized spacial score (nSPS) is 19.6. The van der Waals surface area contributed by atoms with Crippen molar-refractivity contribution in [3.63, 3.8) is 0 Å². The third-order valence-electron chi connectivity index (χ3n) is 8.99. The third kappa shape index (κ3) is 23.0. The molecular formula is C39H68O8. The average Bonchev–Trinajstić information content (AvgIpc) is 3.30. The molecule has 0 aromatic rings. The molecule has 3 N–H and O–H groups in total. The molecule has 1 rings (SSSR count). The predicted molar refractivity (Wildman–Crippen MR) is 188 cm³/mol. The van der Waals surface area contributed by atoms with Crippen molar-refractivity contribution in [2.45, 2.75) is 174 Å². The number of allylic oxidation sites excluding steroid dienone is 2. The maximum absolute atomic E-state index is 12.4. The van der Waals surface area contributed by atoms with E-state index in [9.17, 15) is 29.7 Å². The second kappa shape index (κ2) is 27.9. The molecule has 1 fully saturated rings. The highest BCUT2D eigenvalue weighted by Gasteiger charge is 2.39.